The summed E-state index contributed by atoms with van der Waals surface area (Å²) >= 11 is 0. The van der Waals surface area contributed by atoms with Crippen molar-refractivity contribution in [2.75, 3.05) is 9.80 Å². The summed E-state index contributed by atoms with van der Waals surface area (Å²) in [6.07, 6.45) is 0. The van der Waals surface area contributed by atoms with Gasteiger partial charge in [0.25, 0.3) is 6.71 Å². The first kappa shape index (κ1) is 34.6. The van der Waals surface area contributed by atoms with Crippen LogP contribution in [-0.2, 0) is 5.41 Å². The predicted octanol–water partition coefficient (Wildman–Crippen LogP) is 12.8. The first-order chi connectivity index (χ1) is 29.8. The highest BCUT2D eigenvalue weighted by atomic mass is 16.3. The number of hydrogen-bond acceptors (Lipinski definition) is 3. The number of aromatic nitrogens is 1. The van der Waals surface area contributed by atoms with E-state index in [4.69, 9.17) is 4.42 Å². The van der Waals surface area contributed by atoms with Gasteiger partial charge in [0.1, 0.15) is 5.58 Å². The van der Waals surface area contributed by atoms with Crippen LogP contribution in [0.2, 0.25) is 0 Å². The van der Waals surface area contributed by atoms with Crippen LogP contribution in [-0.4, -0.2) is 11.3 Å². The van der Waals surface area contributed by atoms with E-state index in [0.29, 0.717) is 0 Å². The second-order valence-corrected chi connectivity index (χ2v) is 17.9. The van der Waals surface area contributed by atoms with E-state index in [-0.39, 0.29) is 12.1 Å². The van der Waals surface area contributed by atoms with Crippen LogP contribution in [0.1, 0.15) is 41.8 Å². The Balaban J connectivity index is 1.16. The summed E-state index contributed by atoms with van der Waals surface area (Å²) < 4.78 is 9.55. The average Bonchev–Trinajstić information content (AvgIpc) is 3.91. The number of para-hydroxylation sites is 5. The molecule has 0 saturated carbocycles. The molecule has 0 unspecified atom stereocenters. The summed E-state index contributed by atoms with van der Waals surface area (Å²) in [5.41, 5.74) is 24.1. The summed E-state index contributed by atoms with van der Waals surface area (Å²) in [5, 5.41) is 3.57. The number of furan rings is 1. The van der Waals surface area contributed by atoms with E-state index in [1.54, 1.807) is 0 Å². The van der Waals surface area contributed by atoms with Gasteiger partial charge >= 0.3 is 0 Å². The zero-order chi connectivity index (χ0) is 40.9. The van der Waals surface area contributed by atoms with Gasteiger partial charge in [0.2, 0.25) is 0 Å². The van der Waals surface area contributed by atoms with Crippen LogP contribution in [0.15, 0.2) is 168 Å². The lowest BCUT2D eigenvalue weighted by molar-refractivity contribution is 0.624. The van der Waals surface area contributed by atoms with E-state index in [1.807, 2.05) is 0 Å². The van der Waals surface area contributed by atoms with Gasteiger partial charge in [-0.25, -0.2) is 0 Å². The zero-order valence-corrected chi connectivity index (χ0v) is 34.9. The second kappa shape index (κ2) is 12.2. The minimum absolute atomic E-state index is 0.00994. The van der Waals surface area contributed by atoms with E-state index in [2.05, 4.69) is 213 Å². The topological polar surface area (TPSA) is 24.6 Å². The molecule has 1 aliphatic carbocycles. The van der Waals surface area contributed by atoms with Crippen molar-refractivity contribution in [2.24, 2.45) is 0 Å². The van der Waals surface area contributed by atoms with Gasteiger partial charge < -0.3 is 18.8 Å². The lowest BCUT2D eigenvalue weighted by Crippen LogP contribution is -2.60. The lowest BCUT2D eigenvalue weighted by Gasteiger charge is -2.42. The Hall–Kier alpha value is -7.24. The number of fused-ring (bicyclic) bond motifs is 12. The Labute approximate surface area is 356 Å². The largest absolute Gasteiger partial charge is 0.454 e. The Bertz CT molecular complexity index is 3490. The van der Waals surface area contributed by atoms with Gasteiger partial charge in [-0.3, -0.25) is 0 Å². The van der Waals surface area contributed by atoms with Crippen molar-refractivity contribution in [1.82, 2.24) is 4.57 Å². The molecule has 8 aromatic carbocycles. The molecule has 61 heavy (non-hydrogen) atoms. The molecule has 0 amide bonds. The minimum Gasteiger partial charge on any atom is -0.454 e. The molecule has 5 heteroatoms. The summed E-state index contributed by atoms with van der Waals surface area (Å²) in [4.78, 5) is 4.97. The third-order valence-corrected chi connectivity index (χ3v) is 14.0. The quantitative estimate of drug-likeness (QED) is 0.166. The molecule has 2 aliphatic heterocycles. The molecule has 0 saturated heterocycles. The van der Waals surface area contributed by atoms with Crippen LogP contribution in [0.5, 0.6) is 0 Å². The Morgan fingerprint density at radius 3 is 2.03 bits per heavy atom. The first-order valence-corrected chi connectivity index (χ1v) is 21.5. The predicted molar refractivity (Wildman–Crippen MR) is 256 cm³/mol. The number of anilines is 6. The minimum atomic E-state index is -0.193. The van der Waals surface area contributed by atoms with Gasteiger partial charge in [-0.2, -0.15) is 0 Å². The smallest absolute Gasteiger partial charge is 0.252 e. The molecule has 4 nitrogen and oxygen atoms in total. The number of nitrogens with zero attached hydrogens (tertiary/aromatic N) is 3. The van der Waals surface area contributed by atoms with Crippen LogP contribution < -0.4 is 26.2 Å². The molecule has 0 radical (unpaired) electrons. The molecule has 290 valence electrons. The fraction of sp³-hybridized carbons (Fsp3) is 0.107. The molecule has 3 aliphatic rings. The van der Waals surface area contributed by atoms with E-state index < -0.39 is 0 Å². The van der Waals surface area contributed by atoms with Gasteiger partial charge in [-0.1, -0.05) is 129 Å². The Morgan fingerprint density at radius 2 is 1.23 bits per heavy atom. The molecule has 0 bridgehead atoms. The Kier molecular flexibility index (Phi) is 6.91. The van der Waals surface area contributed by atoms with Crippen LogP contribution in [0.25, 0.3) is 49.7 Å². The Morgan fingerprint density at radius 1 is 0.557 bits per heavy atom. The maximum atomic E-state index is 6.90. The maximum Gasteiger partial charge on any atom is 0.252 e. The van der Waals surface area contributed by atoms with Crippen molar-refractivity contribution >= 4 is 90.1 Å². The fourth-order valence-electron chi connectivity index (χ4n) is 11.4. The van der Waals surface area contributed by atoms with Crippen molar-refractivity contribution in [3.8, 4) is 16.8 Å². The summed E-state index contributed by atoms with van der Waals surface area (Å²) in [6, 6.07) is 60.7. The highest BCUT2D eigenvalue weighted by Gasteiger charge is 2.47. The third kappa shape index (κ3) is 4.50. The van der Waals surface area contributed by atoms with E-state index in [0.717, 1.165) is 50.4 Å². The third-order valence-electron chi connectivity index (χ3n) is 14.0. The van der Waals surface area contributed by atoms with E-state index in [1.165, 1.54) is 77.7 Å². The summed E-state index contributed by atoms with van der Waals surface area (Å²) in [7, 11) is 0. The molecule has 2 aromatic heterocycles. The summed E-state index contributed by atoms with van der Waals surface area (Å²) in [5.74, 6) is 0. The van der Waals surface area contributed by atoms with Gasteiger partial charge in [0.05, 0.1) is 5.69 Å². The maximum absolute atomic E-state index is 6.90. The molecule has 0 N–H and O–H groups in total. The van der Waals surface area contributed by atoms with Crippen LogP contribution >= 0.6 is 0 Å². The van der Waals surface area contributed by atoms with E-state index in [9.17, 15) is 0 Å². The van der Waals surface area contributed by atoms with Crippen molar-refractivity contribution in [2.45, 2.75) is 40.0 Å². The second-order valence-electron chi connectivity index (χ2n) is 17.9. The van der Waals surface area contributed by atoms with Crippen LogP contribution in [0.4, 0.5) is 34.1 Å². The SMILES string of the molecule is Cc1cc2c3c(c1)-n1c4c(c5cccc(c51)B3c1ccc(N(c3ccccc3C)c3ccccc3C)cc1N2c1cccc2c1oc1ccccc12)-c1ccccc1C4(C)C. The van der Waals surface area contributed by atoms with E-state index >= 15 is 0 Å². The van der Waals surface area contributed by atoms with Gasteiger partial charge in [-0.05, 0) is 114 Å². The normalized spacial score (nSPS) is 14.0. The van der Waals surface area contributed by atoms with Crippen molar-refractivity contribution in [3.05, 3.63) is 192 Å². The molecule has 0 spiro atoms. The van der Waals surface area contributed by atoms with Crippen molar-refractivity contribution < 1.29 is 4.42 Å². The highest BCUT2D eigenvalue weighted by molar-refractivity contribution is 7.00. The lowest BCUT2D eigenvalue weighted by atomic mass is 9.33. The van der Waals surface area contributed by atoms with Gasteiger partial charge in [0, 0.05) is 72.5 Å². The standard InChI is InChI=1S/C56H42BN3O/c1-33-30-48-52-49(31-33)60-53-40(51-39-19-8-10-22-41(39)56(4,5)55(51)60)21-14-23-43(53)57(52)42-29-28-36(58(44-24-11-6-16-34(44)2)45-25-12-7-17-35(45)3)32-47(42)59(48)46-26-15-20-38-37-18-9-13-27-50(37)61-54(38)46/h6-32H,1-5H3. The number of rotatable bonds is 4. The van der Waals surface area contributed by atoms with Crippen LogP contribution in [0, 0.1) is 20.8 Å². The molecule has 0 atom stereocenters. The molecular weight excluding hydrogens is 741 g/mol. The van der Waals surface area contributed by atoms with Crippen LogP contribution in [0.3, 0.4) is 0 Å². The van der Waals surface area contributed by atoms with Crippen molar-refractivity contribution in [1.29, 1.82) is 0 Å². The van der Waals surface area contributed by atoms with Crippen molar-refractivity contribution in [3.63, 3.8) is 0 Å². The zero-order valence-electron chi connectivity index (χ0n) is 34.9. The first-order valence-electron chi connectivity index (χ1n) is 21.5. The number of benzene rings is 8. The van der Waals surface area contributed by atoms with Gasteiger partial charge in [0.15, 0.2) is 5.58 Å². The summed E-state index contributed by atoms with van der Waals surface area (Å²) in [6.45, 7) is 11.5. The average molecular weight is 784 g/mol. The molecule has 10 aromatic rings. The number of hydrogen-bond donors (Lipinski definition) is 0. The fourth-order valence-corrected chi connectivity index (χ4v) is 11.4. The molecule has 4 heterocycles. The molecular formula is C56H42BN3O. The monoisotopic (exact) mass is 783 g/mol. The highest BCUT2D eigenvalue weighted by Crippen LogP contribution is 2.55. The van der Waals surface area contributed by atoms with Gasteiger partial charge in [-0.15, -0.1) is 0 Å². The molecule has 13 rings (SSSR count). The molecule has 0 fully saturated rings. The number of aryl methyl sites for hydroxylation is 3.